The van der Waals surface area contributed by atoms with Gasteiger partial charge in [-0.15, -0.1) is 0 Å². The summed E-state index contributed by atoms with van der Waals surface area (Å²) in [4.78, 5) is 13.4. The monoisotopic (exact) mass is 393 g/mol. The molecular formula is C26H35NO2. The van der Waals surface area contributed by atoms with Gasteiger partial charge in [0.15, 0.2) is 0 Å². The third-order valence-corrected chi connectivity index (χ3v) is 9.24. The van der Waals surface area contributed by atoms with Gasteiger partial charge in [-0.3, -0.25) is 4.79 Å². The Morgan fingerprint density at radius 2 is 1.93 bits per heavy atom. The Bertz CT molecular complexity index is 822. The molecule has 3 nitrogen and oxygen atoms in total. The Morgan fingerprint density at radius 1 is 1.10 bits per heavy atom. The van der Waals surface area contributed by atoms with Crippen molar-refractivity contribution in [2.24, 2.45) is 23.7 Å². The molecule has 1 heterocycles. The van der Waals surface area contributed by atoms with Gasteiger partial charge in [0.25, 0.3) is 0 Å². The number of aromatic hydroxyl groups is 1. The molecule has 0 spiro atoms. The van der Waals surface area contributed by atoms with Crippen molar-refractivity contribution in [3.63, 3.8) is 0 Å². The van der Waals surface area contributed by atoms with Gasteiger partial charge in [0.2, 0.25) is 0 Å². The summed E-state index contributed by atoms with van der Waals surface area (Å²) in [7, 11) is 0. The predicted molar refractivity (Wildman–Crippen MR) is 114 cm³/mol. The molecule has 5 aliphatic rings. The summed E-state index contributed by atoms with van der Waals surface area (Å²) in [6.07, 6.45) is 14.2. The number of hydrogen-bond donors (Lipinski definition) is 2. The third-order valence-electron chi connectivity index (χ3n) is 9.24. The first kappa shape index (κ1) is 18.4. The van der Waals surface area contributed by atoms with Crippen LogP contribution in [0.15, 0.2) is 12.1 Å². The lowest BCUT2D eigenvalue weighted by atomic mass is 9.50. The molecule has 1 aliphatic heterocycles. The number of benzene rings is 1. The van der Waals surface area contributed by atoms with E-state index in [4.69, 9.17) is 0 Å². The Kier molecular flexibility index (Phi) is 4.34. The molecule has 2 bridgehead atoms. The molecule has 1 saturated heterocycles. The highest BCUT2D eigenvalue weighted by molar-refractivity contribution is 5.84. The molecule has 3 heteroatoms. The fraction of sp³-hybridized carbons (Fsp3) is 0.731. The lowest BCUT2D eigenvalue weighted by molar-refractivity contribution is -0.131. The van der Waals surface area contributed by atoms with E-state index in [1.165, 1.54) is 55.2 Å². The summed E-state index contributed by atoms with van der Waals surface area (Å²) in [5.41, 5.74) is 4.17. The first-order valence-corrected chi connectivity index (χ1v) is 12.2. The molecule has 2 N–H and O–H groups in total. The van der Waals surface area contributed by atoms with E-state index in [1.807, 2.05) is 12.1 Å². The van der Waals surface area contributed by atoms with Crippen LogP contribution in [-0.4, -0.2) is 23.5 Å². The van der Waals surface area contributed by atoms with Crippen molar-refractivity contribution in [3.8, 4) is 5.75 Å². The van der Waals surface area contributed by atoms with Gasteiger partial charge in [-0.2, -0.15) is 0 Å². The summed E-state index contributed by atoms with van der Waals surface area (Å²) in [5.74, 6) is 3.38. The number of carbonyl (C=O) groups excluding carboxylic acids is 1. The Hall–Kier alpha value is -1.35. The number of piperidine rings is 1. The number of fused-ring (bicyclic) bond motifs is 1. The quantitative estimate of drug-likeness (QED) is 0.781. The smallest absolute Gasteiger partial charge is 0.136 e. The van der Waals surface area contributed by atoms with Crippen LogP contribution in [0.4, 0.5) is 0 Å². The lowest BCUT2D eigenvalue weighted by Gasteiger charge is -2.57. The average molecular weight is 394 g/mol. The van der Waals surface area contributed by atoms with Gasteiger partial charge in [-0.05, 0) is 98.1 Å². The summed E-state index contributed by atoms with van der Waals surface area (Å²) in [6.45, 7) is 1.01. The van der Waals surface area contributed by atoms with E-state index >= 15 is 0 Å². The zero-order valence-electron chi connectivity index (χ0n) is 17.6. The van der Waals surface area contributed by atoms with Gasteiger partial charge < -0.3 is 10.4 Å². The van der Waals surface area contributed by atoms with Crippen molar-refractivity contribution < 1.29 is 9.90 Å². The molecule has 1 aromatic carbocycles. The second kappa shape index (κ2) is 6.83. The molecule has 0 amide bonds. The Balaban J connectivity index is 1.36. The number of phenolic OH excluding ortho intramolecular Hbond substituents is 1. The highest BCUT2D eigenvalue weighted by Gasteiger charge is 2.56. The Morgan fingerprint density at radius 3 is 2.72 bits per heavy atom. The van der Waals surface area contributed by atoms with Gasteiger partial charge in [0.1, 0.15) is 11.5 Å². The molecule has 4 fully saturated rings. The fourth-order valence-electron chi connectivity index (χ4n) is 7.65. The van der Waals surface area contributed by atoms with Crippen LogP contribution in [0.3, 0.4) is 0 Å². The van der Waals surface area contributed by atoms with Gasteiger partial charge in [0.05, 0.1) is 0 Å². The molecule has 4 aliphatic carbocycles. The maximum atomic E-state index is 13.4. The van der Waals surface area contributed by atoms with E-state index in [2.05, 4.69) is 5.32 Å². The minimum atomic E-state index is -0.0240. The van der Waals surface area contributed by atoms with Crippen LogP contribution < -0.4 is 5.32 Å². The van der Waals surface area contributed by atoms with Gasteiger partial charge in [0, 0.05) is 23.8 Å². The van der Waals surface area contributed by atoms with Crippen molar-refractivity contribution in [1.29, 1.82) is 0 Å². The van der Waals surface area contributed by atoms with Gasteiger partial charge in [-0.25, -0.2) is 0 Å². The second-order valence-electron chi connectivity index (χ2n) is 11.0. The highest BCUT2D eigenvalue weighted by Crippen LogP contribution is 2.56. The summed E-state index contributed by atoms with van der Waals surface area (Å²) >= 11 is 0. The van der Waals surface area contributed by atoms with E-state index in [0.717, 1.165) is 50.5 Å². The summed E-state index contributed by atoms with van der Waals surface area (Å²) in [5, 5.41) is 14.4. The van der Waals surface area contributed by atoms with Crippen molar-refractivity contribution in [2.75, 3.05) is 6.54 Å². The van der Waals surface area contributed by atoms with E-state index < -0.39 is 0 Å². The van der Waals surface area contributed by atoms with E-state index in [0.29, 0.717) is 29.9 Å². The number of ketones is 1. The molecule has 0 radical (unpaired) electrons. The molecular weight excluding hydrogens is 358 g/mol. The van der Waals surface area contributed by atoms with Crippen molar-refractivity contribution in [1.82, 2.24) is 5.32 Å². The summed E-state index contributed by atoms with van der Waals surface area (Å²) < 4.78 is 0. The second-order valence-corrected chi connectivity index (χ2v) is 11.0. The Labute approximate surface area is 174 Å². The highest BCUT2D eigenvalue weighted by atomic mass is 16.3. The zero-order chi connectivity index (χ0) is 19.6. The predicted octanol–water partition coefficient (Wildman–Crippen LogP) is 4.68. The van der Waals surface area contributed by atoms with E-state index in [9.17, 15) is 9.90 Å². The van der Waals surface area contributed by atoms with Crippen LogP contribution in [0.25, 0.3) is 0 Å². The van der Waals surface area contributed by atoms with E-state index in [1.54, 1.807) is 0 Å². The first-order valence-electron chi connectivity index (χ1n) is 12.2. The average Bonchev–Trinajstić information content (AvgIpc) is 3.35. The van der Waals surface area contributed by atoms with Gasteiger partial charge >= 0.3 is 0 Å². The van der Waals surface area contributed by atoms with Gasteiger partial charge in [-0.1, -0.05) is 25.7 Å². The normalized spacial score (nSPS) is 36.7. The first-order chi connectivity index (χ1) is 14.1. The molecule has 0 unspecified atom stereocenters. The maximum Gasteiger partial charge on any atom is 0.136 e. The number of rotatable bonds is 4. The standard InChI is InChI=1S/C26H35NO2/c28-20-11-18(9-17-5-6-17)21-14-24-23-12-19(10-16-3-1-2-4-16)25(29)15-26(23,7-8-27-24)22(21)13-20/h11,13,16-17,19,23-24,27-28H,1-10,12,14-15H2/t19-,23-,24+,26+/m0/s1. The topological polar surface area (TPSA) is 49.3 Å². The maximum absolute atomic E-state index is 13.4. The molecule has 156 valence electrons. The van der Waals surface area contributed by atoms with Crippen molar-refractivity contribution in [3.05, 3.63) is 28.8 Å². The molecule has 3 saturated carbocycles. The van der Waals surface area contributed by atoms with Crippen LogP contribution in [-0.2, 0) is 23.1 Å². The number of nitrogens with one attached hydrogen (secondary N) is 1. The van der Waals surface area contributed by atoms with Crippen molar-refractivity contribution >= 4 is 5.78 Å². The molecule has 4 atom stereocenters. The molecule has 29 heavy (non-hydrogen) atoms. The zero-order valence-corrected chi connectivity index (χ0v) is 17.6. The van der Waals surface area contributed by atoms with E-state index in [-0.39, 0.29) is 11.3 Å². The fourth-order valence-corrected chi connectivity index (χ4v) is 7.65. The molecule has 0 aromatic heterocycles. The largest absolute Gasteiger partial charge is 0.508 e. The van der Waals surface area contributed by atoms with Crippen LogP contribution in [0.2, 0.25) is 0 Å². The number of Topliss-reactive ketones (excluding diaryl/α,β-unsaturated/α-hetero) is 1. The van der Waals surface area contributed by atoms with Crippen molar-refractivity contribution in [2.45, 2.75) is 88.5 Å². The van der Waals surface area contributed by atoms with Crippen LogP contribution >= 0.6 is 0 Å². The molecule has 1 aromatic rings. The molecule has 6 rings (SSSR count). The third kappa shape index (κ3) is 3.07. The number of carbonyl (C=O) groups is 1. The lowest BCUT2D eigenvalue weighted by Crippen LogP contribution is -2.62. The minimum Gasteiger partial charge on any atom is -0.508 e. The van der Waals surface area contributed by atoms with Crippen LogP contribution in [0.5, 0.6) is 5.75 Å². The summed E-state index contributed by atoms with van der Waals surface area (Å²) in [6, 6.07) is 4.58. The van der Waals surface area contributed by atoms with Crippen LogP contribution in [0.1, 0.15) is 80.9 Å². The number of hydrogen-bond acceptors (Lipinski definition) is 3. The number of phenols is 1. The minimum absolute atomic E-state index is 0.0240. The van der Waals surface area contributed by atoms with Crippen LogP contribution in [0, 0.1) is 23.7 Å². The SMILES string of the molecule is O=C1C[C@]23CCN[C@H](Cc4c(CC5CC5)cc(O)cc42)[C@@H]3C[C@@H]1CC1CCCC1.